The van der Waals surface area contributed by atoms with Crippen LogP contribution in [0.15, 0.2) is 30.3 Å². The molecule has 9 heteroatoms. The number of aromatic nitrogens is 2. The number of primary sulfonamides is 1. The van der Waals surface area contributed by atoms with Crippen LogP contribution in [0.5, 0.6) is 5.75 Å². The molecule has 1 heterocycles. The number of nitrogen functional groups attached to an aromatic ring is 1. The van der Waals surface area contributed by atoms with Gasteiger partial charge in [0, 0.05) is 18.0 Å². The van der Waals surface area contributed by atoms with E-state index in [9.17, 15) is 8.42 Å². The van der Waals surface area contributed by atoms with Gasteiger partial charge in [-0.2, -0.15) is 5.10 Å². The third kappa shape index (κ3) is 3.48. The minimum absolute atomic E-state index is 0.174. The second-order valence-corrected chi connectivity index (χ2v) is 8.11. The van der Waals surface area contributed by atoms with Gasteiger partial charge in [0.2, 0.25) is 10.0 Å². The summed E-state index contributed by atoms with van der Waals surface area (Å²) in [5, 5.41) is 11.0. The number of fused-ring (bicyclic) bond motifs is 1. The van der Waals surface area contributed by atoms with Crippen molar-refractivity contribution in [2.75, 3.05) is 18.6 Å². The normalized spacial score (nSPS) is 11.8. The lowest BCUT2D eigenvalue weighted by Gasteiger charge is -2.10. The van der Waals surface area contributed by atoms with E-state index in [1.165, 1.54) is 0 Å². The summed E-state index contributed by atoms with van der Waals surface area (Å²) >= 11 is 6.42. The highest BCUT2D eigenvalue weighted by atomic mass is 35.5. The Morgan fingerprint density at radius 3 is 2.65 bits per heavy atom. The van der Waals surface area contributed by atoms with Crippen molar-refractivity contribution >= 4 is 38.2 Å². The van der Waals surface area contributed by atoms with Crippen molar-refractivity contribution in [2.24, 2.45) is 12.2 Å². The Morgan fingerprint density at radius 1 is 1.27 bits per heavy atom. The van der Waals surface area contributed by atoms with Gasteiger partial charge in [-0.1, -0.05) is 17.7 Å². The number of rotatable bonds is 5. The number of hydrogen-bond donors (Lipinski definition) is 2. The fourth-order valence-electron chi connectivity index (χ4n) is 2.97. The minimum Gasteiger partial charge on any atom is -0.497 e. The first-order valence-electron chi connectivity index (χ1n) is 7.79. The second kappa shape index (κ2) is 6.79. The summed E-state index contributed by atoms with van der Waals surface area (Å²) in [6, 6.07) is 8.82. The molecule has 3 rings (SSSR count). The molecule has 3 aromatic rings. The van der Waals surface area contributed by atoms with E-state index < -0.39 is 10.0 Å². The van der Waals surface area contributed by atoms with Crippen LogP contribution in [0.25, 0.3) is 22.2 Å². The van der Waals surface area contributed by atoms with Gasteiger partial charge in [-0.3, -0.25) is 4.68 Å². The third-order valence-corrected chi connectivity index (χ3v) is 5.28. The maximum Gasteiger partial charge on any atom is 0.209 e. The molecule has 138 valence electrons. The average Bonchev–Trinajstić information content (AvgIpc) is 2.94. The number of anilines is 1. The van der Waals surface area contributed by atoms with Gasteiger partial charge >= 0.3 is 0 Å². The molecule has 0 aliphatic heterocycles. The lowest BCUT2D eigenvalue weighted by atomic mass is 9.99. The van der Waals surface area contributed by atoms with Crippen molar-refractivity contribution in [3.05, 3.63) is 40.9 Å². The molecule has 0 bridgehead atoms. The molecule has 4 N–H and O–H groups in total. The number of nitrogens with zero attached hydrogens (tertiary/aromatic N) is 2. The van der Waals surface area contributed by atoms with Gasteiger partial charge in [0.05, 0.1) is 29.1 Å². The van der Waals surface area contributed by atoms with Gasteiger partial charge in [-0.25, -0.2) is 13.6 Å². The Bertz CT molecular complexity index is 1090. The van der Waals surface area contributed by atoms with Crippen molar-refractivity contribution in [1.29, 1.82) is 0 Å². The molecule has 0 saturated carbocycles. The predicted octanol–water partition coefficient (Wildman–Crippen LogP) is 2.32. The summed E-state index contributed by atoms with van der Waals surface area (Å²) in [5.74, 6) is 0.450. The summed E-state index contributed by atoms with van der Waals surface area (Å²) < 4.78 is 29.7. The molecule has 7 nitrogen and oxygen atoms in total. The number of nitrogens with two attached hydrogens (primary N) is 2. The highest BCUT2D eigenvalue weighted by Crippen LogP contribution is 2.38. The smallest absolute Gasteiger partial charge is 0.209 e. The highest BCUT2D eigenvalue weighted by Gasteiger charge is 2.19. The van der Waals surface area contributed by atoms with Crippen LogP contribution in [0.1, 0.15) is 5.56 Å². The summed E-state index contributed by atoms with van der Waals surface area (Å²) in [5.41, 5.74) is 9.48. The third-order valence-electron chi connectivity index (χ3n) is 4.20. The highest BCUT2D eigenvalue weighted by molar-refractivity contribution is 7.89. The van der Waals surface area contributed by atoms with Crippen molar-refractivity contribution < 1.29 is 13.2 Å². The van der Waals surface area contributed by atoms with Crippen LogP contribution in [-0.2, 0) is 23.5 Å². The Kier molecular flexibility index (Phi) is 4.83. The molecule has 0 fully saturated rings. The summed E-state index contributed by atoms with van der Waals surface area (Å²) in [6.07, 6.45) is 0.246. The molecule has 0 spiro atoms. The van der Waals surface area contributed by atoms with Gasteiger partial charge in [0.25, 0.3) is 0 Å². The minimum atomic E-state index is -3.59. The zero-order valence-corrected chi connectivity index (χ0v) is 15.9. The molecule has 1 aromatic heterocycles. The van der Waals surface area contributed by atoms with Gasteiger partial charge in [-0.05, 0) is 36.2 Å². The monoisotopic (exact) mass is 394 g/mol. The molecule has 0 unspecified atom stereocenters. The van der Waals surface area contributed by atoms with E-state index >= 15 is 0 Å². The number of aryl methyl sites for hydroxylation is 2. The lowest BCUT2D eigenvalue weighted by Crippen LogP contribution is -2.18. The van der Waals surface area contributed by atoms with Crippen LogP contribution in [0.3, 0.4) is 0 Å². The fraction of sp³-hybridized carbons (Fsp3) is 0.235. The number of halogens is 1. The largest absolute Gasteiger partial charge is 0.497 e. The average molecular weight is 395 g/mol. The zero-order valence-electron chi connectivity index (χ0n) is 14.4. The Labute approximate surface area is 156 Å². The first-order valence-corrected chi connectivity index (χ1v) is 9.89. The zero-order chi connectivity index (χ0) is 19.1. The van der Waals surface area contributed by atoms with Crippen LogP contribution in [0, 0.1) is 0 Å². The number of sulfonamides is 1. The van der Waals surface area contributed by atoms with E-state index in [1.807, 2.05) is 0 Å². The van der Waals surface area contributed by atoms with E-state index in [1.54, 1.807) is 49.2 Å². The molecular weight excluding hydrogens is 376 g/mol. The van der Waals surface area contributed by atoms with E-state index in [-0.39, 0.29) is 12.2 Å². The van der Waals surface area contributed by atoms with Crippen molar-refractivity contribution in [3.63, 3.8) is 0 Å². The molecule has 0 saturated heterocycles. The van der Waals surface area contributed by atoms with Crippen LogP contribution in [0.2, 0.25) is 5.02 Å². The molecule has 26 heavy (non-hydrogen) atoms. The van der Waals surface area contributed by atoms with Gasteiger partial charge < -0.3 is 10.5 Å². The molecular formula is C17H19ClN4O3S. The van der Waals surface area contributed by atoms with Crippen molar-refractivity contribution in [2.45, 2.75) is 6.42 Å². The predicted molar refractivity (Wildman–Crippen MR) is 104 cm³/mol. The van der Waals surface area contributed by atoms with Gasteiger partial charge in [0.15, 0.2) is 0 Å². The van der Waals surface area contributed by atoms with Crippen LogP contribution in [0.4, 0.5) is 5.69 Å². The van der Waals surface area contributed by atoms with Crippen molar-refractivity contribution in [1.82, 2.24) is 9.78 Å². The number of benzene rings is 2. The van der Waals surface area contributed by atoms with Gasteiger partial charge in [-0.15, -0.1) is 0 Å². The Balaban J connectivity index is 2.26. The van der Waals surface area contributed by atoms with Crippen LogP contribution in [-0.4, -0.2) is 31.1 Å². The van der Waals surface area contributed by atoms with Crippen LogP contribution >= 0.6 is 11.6 Å². The summed E-state index contributed by atoms with van der Waals surface area (Å²) in [7, 11) is -0.251. The molecule has 0 radical (unpaired) electrons. The SMILES string of the molecule is COc1ccc(CCS(N)(=O)=O)c(-c2nn(C)c3c(N)ccc(Cl)c23)c1. The quantitative estimate of drug-likeness (QED) is 0.644. The molecule has 0 amide bonds. The first kappa shape index (κ1) is 18.5. The molecule has 0 atom stereocenters. The first-order chi connectivity index (χ1) is 12.2. The second-order valence-electron chi connectivity index (χ2n) is 5.97. The number of hydrogen-bond acceptors (Lipinski definition) is 5. The van der Waals surface area contributed by atoms with Crippen LogP contribution < -0.4 is 15.6 Å². The summed E-state index contributed by atoms with van der Waals surface area (Å²) in [4.78, 5) is 0. The topological polar surface area (TPSA) is 113 Å². The fourth-order valence-corrected chi connectivity index (χ4v) is 3.71. The Hall–Kier alpha value is -2.29. The number of methoxy groups -OCH3 is 1. The molecule has 0 aliphatic rings. The summed E-state index contributed by atoms with van der Waals surface area (Å²) in [6.45, 7) is 0. The lowest BCUT2D eigenvalue weighted by molar-refractivity contribution is 0.415. The van der Waals surface area contributed by atoms with Crippen molar-refractivity contribution in [3.8, 4) is 17.0 Å². The number of ether oxygens (including phenoxy) is 1. The van der Waals surface area contributed by atoms with Gasteiger partial charge in [0.1, 0.15) is 11.4 Å². The van der Waals surface area contributed by atoms with E-state index in [2.05, 4.69) is 5.10 Å². The van der Waals surface area contributed by atoms with E-state index in [0.717, 1.165) is 11.1 Å². The molecule has 2 aromatic carbocycles. The molecule has 0 aliphatic carbocycles. The maximum absolute atomic E-state index is 11.4. The Morgan fingerprint density at radius 2 is 2.00 bits per heavy atom. The standard InChI is InChI=1S/C17H19ClN4O3S/c1-22-17-14(19)6-5-13(18)15(17)16(21-22)12-9-11(25-2)4-3-10(12)7-8-26(20,23)24/h3-6,9H,7-8,19H2,1-2H3,(H2,20,23,24). The maximum atomic E-state index is 11.4. The van der Waals surface area contributed by atoms with E-state index in [0.29, 0.717) is 33.1 Å². The van der Waals surface area contributed by atoms with E-state index in [4.69, 9.17) is 27.2 Å².